The van der Waals surface area contributed by atoms with Gasteiger partial charge in [0.15, 0.2) is 6.10 Å². The summed E-state index contributed by atoms with van der Waals surface area (Å²) in [4.78, 5) is 38.3. The van der Waals surface area contributed by atoms with Crippen LogP contribution in [0.3, 0.4) is 0 Å². The van der Waals surface area contributed by atoms with E-state index in [1.54, 1.807) is 0 Å². The van der Waals surface area contributed by atoms with Gasteiger partial charge in [0.25, 0.3) is 0 Å². The van der Waals surface area contributed by atoms with E-state index >= 15 is 0 Å². The molecule has 0 aliphatic rings. The molecule has 6 heteroatoms. The van der Waals surface area contributed by atoms with Crippen molar-refractivity contribution in [1.82, 2.24) is 0 Å². The van der Waals surface area contributed by atoms with Crippen molar-refractivity contribution in [2.24, 2.45) is 17.8 Å². The maximum atomic E-state index is 12.9. The molecule has 0 spiro atoms. The zero-order valence-corrected chi connectivity index (χ0v) is 48.3. The lowest BCUT2D eigenvalue weighted by Gasteiger charge is -2.18. The van der Waals surface area contributed by atoms with Crippen LogP contribution in [0.1, 0.15) is 356 Å². The molecule has 416 valence electrons. The van der Waals surface area contributed by atoms with Crippen LogP contribution in [0, 0.1) is 17.8 Å². The van der Waals surface area contributed by atoms with Crippen LogP contribution in [0.15, 0.2) is 0 Å². The number of esters is 3. The Kier molecular flexibility index (Phi) is 53.9. The number of unbranched alkanes of at least 4 members (excludes halogenated alkanes) is 40. The van der Waals surface area contributed by atoms with Crippen LogP contribution >= 0.6 is 0 Å². The Balaban J connectivity index is 4.26. The van der Waals surface area contributed by atoms with Gasteiger partial charge in [0.05, 0.1) is 0 Å². The van der Waals surface area contributed by atoms with Crippen molar-refractivity contribution in [2.75, 3.05) is 13.2 Å². The van der Waals surface area contributed by atoms with Gasteiger partial charge in [-0.3, -0.25) is 14.4 Å². The zero-order valence-electron chi connectivity index (χ0n) is 48.3. The van der Waals surface area contributed by atoms with Crippen LogP contribution in [0.4, 0.5) is 0 Å². The minimum Gasteiger partial charge on any atom is -0.462 e. The summed E-state index contributed by atoms with van der Waals surface area (Å²) in [5.41, 5.74) is 0. The van der Waals surface area contributed by atoms with Gasteiger partial charge in [-0.15, -0.1) is 0 Å². The second-order valence-corrected chi connectivity index (χ2v) is 23.5. The van der Waals surface area contributed by atoms with E-state index in [1.807, 2.05) is 0 Å². The van der Waals surface area contributed by atoms with Crippen molar-refractivity contribution in [3.63, 3.8) is 0 Å². The maximum absolute atomic E-state index is 12.9. The van der Waals surface area contributed by atoms with Gasteiger partial charge in [-0.05, 0) is 37.0 Å². The second-order valence-electron chi connectivity index (χ2n) is 23.5. The third-order valence-corrected chi connectivity index (χ3v) is 14.6. The van der Waals surface area contributed by atoms with Crippen LogP contribution in [0.25, 0.3) is 0 Å². The van der Waals surface area contributed by atoms with Gasteiger partial charge in [0.1, 0.15) is 13.2 Å². The quantitative estimate of drug-likeness (QED) is 0.0343. The van der Waals surface area contributed by atoms with Gasteiger partial charge >= 0.3 is 17.9 Å². The molecule has 0 bridgehead atoms. The molecule has 0 saturated carbocycles. The summed E-state index contributed by atoms with van der Waals surface area (Å²) in [6.07, 6.45) is 59.6. The van der Waals surface area contributed by atoms with Gasteiger partial charge in [0.2, 0.25) is 0 Å². The highest BCUT2D eigenvalue weighted by Gasteiger charge is 2.19. The molecule has 70 heavy (non-hydrogen) atoms. The Morgan fingerprint density at radius 3 is 0.614 bits per heavy atom. The van der Waals surface area contributed by atoms with E-state index in [-0.39, 0.29) is 31.1 Å². The molecule has 0 heterocycles. The highest BCUT2D eigenvalue weighted by Crippen LogP contribution is 2.19. The van der Waals surface area contributed by atoms with E-state index in [2.05, 4.69) is 41.5 Å². The molecule has 0 aromatic carbocycles. The molecule has 0 aliphatic heterocycles. The molecular formula is C64H124O6. The molecule has 0 unspecified atom stereocenters. The standard InChI is InChI=1S/C64H124O6/c1-58(2)50-44-38-32-26-20-14-11-9-7-8-10-12-16-23-29-35-41-47-53-62(65)68-56-61(70-64(67)55-49-43-37-31-25-19-18-22-28-34-40-46-52-60(5)6)57-69-63(66)54-48-42-36-30-24-17-13-15-21-27-33-39-45-51-59(3)4/h58-61H,7-57H2,1-6H3/t61-/m1/s1. The predicted molar refractivity (Wildman–Crippen MR) is 303 cm³/mol. The summed E-state index contributed by atoms with van der Waals surface area (Å²) in [5, 5.41) is 0. The fraction of sp³-hybridized carbons (Fsp3) is 0.953. The third kappa shape index (κ3) is 57.3. The summed E-state index contributed by atoms with van der Waals surface area (Å²) >= 11 is 0. The summed E-state index contributed by atoms with van der Waals surface area (Å²) < 4.78 is 17.0. The van der Waals surface area contributed by atoms with Crippen LogP contribution in [0.2, 0.25) is 0 Å². The third-order valence-electron chi connectivity index (χ3n) is 14.6. The molecule has 1 atom stereocenters. The van der Waals surface area contributed by atoms with E-state index in [4.69, 9.17) is 14.2 Å². The van der Waals surface area contributed by atoms with E-state index in [1.165, 1.54) is 238 Å². The Hall–Kier alpha value is -1.59. The molecule has 6 nitrogen and oxygen atoms in total. The average Bonchev–Trinajstić information content (AvgIpc) is 3.32. The van der Waals surface area contributed by atoms with Crippen LogP contribution < -0.4 is 0 Å². The van der Waals surface area contributed by atoms with Crippen molar-refractivity contribution in [1.29, 1.82) is 0 Å². The topological polar surface area (TPSA) is 78.9 Å². The first-order valence-electron chi connectivity index (χ1n) is 31.6. The SMILES string of the molecule is CC(C)CCCCCCCCCCCCCCCCCCCCC(=O)OC[C@H](COC(=O)CCCCCCCCCCCCCCCC(C)C)OC(=O)CCCCCCCCCCCCCCC(C)C. The lowest BCUT2D eigenvalue weighted by atomic mass is 10.0. The van der Waals surface area contributed by atoms with Crippen molar-refractivity contribution in [3.05, 3.63) is 0 Å². The fourth-order valence-corrected chi connectivity index (χ4v) is 9.88. The van der Waals surface area contributed by atoms with Crippen molar-refractivity contribution in [3.8, 4) is 0 Å². The highest BCUT2D eigenvalue weighted by molar-refractivity contribution is 5.71. The fourth-order valence-electron chi connectivity index (χ4n) is 9.88. The van der Waals surface area contributed by atoms with E-state index < -0.39 is 6.10 Å². The zero-order chi connectivity index (χ0) is 51.2. The molecule has 0 aliphatic carbocycles. The Labute approximate surface area is 438 Å². The van der Waals surface area contributed by atoms with Gasteiger partial charge in [0, 0.05) is 19.3 Å². The number of carbonyl (C=O) groups is 3. The van der Waals surface area contributed by atoms with Gasteiger partial charge < -0.3 is 14.2 Å². The number of carbonyl (C=O) groups excluding carboxylic acids is 3. The molecule has 0 aromatic rings. The molecular weight excluding hydrogens is 865 g/mol. The highest BCUT2D eigenvalue weighted by atomic mass is 16.6. The minimum absolute atomic E-state index is 0.0627. The number of rotatable bonds is 57. The molecule has 0 amide bonds. The van der Waals surface area contributed by atoms with Crippen LogP contribution in [-0.4, -0.2) is 37.2 Å². The van der Waals surface area contributed by atoms with Gasteiger partial charge in [-0.2, -0.15) is 0 Å². The summed E-state index contributed by atoms with van der Waals surface area (Å²) in [6.45, 7) is 13.8. The summed E-state index contributed by atoms with van der Waals surface area (Å²) in [5.74, 6) is 1.69. The Bertz CT molecular complexity index is 1090. The number of hydrogen-bond acceptors (Lipinski definition) is 6. The molecule has 0 saturated heterocycles. The van der Waals surface area contributed by atoms with Crippen LogP contribution in [-0.2, 0) is 28.6 Å². The Morgan fingerprint density at radius 2 is 0.414 bits per heavy atom. The Morgan fingerprint density at radius 1 is 0.243 bits per heavy atom. The van der Waals surface area contributed by atoms with E-state index in [0.29, 0.717) is 19.3 Å². The first kappa shape index (κ1) is 68.4. The molecule has 0 N–H and O–H groups in total. The summed E-state index contributed by atoms with van der Waals surface area (Å²) in [7, 11) is 0. The number of ether oxygens (including phenoxy) is 3. The van der Waals surface area contributed by atoms with Crippen molar-refractivity contribution in [2.45, 2.75) is 362 Å². The maximum Gasteiger partial charge on any atom is 0.306 e. The van der Waals surface area contributed by atoms with Gasteiger partial charge in [-0.25, -0.2) is 0 Å². The molecule has 0 fully saturated rings. The first-order valence-corrected chi connectivity index (χ1v) is 31.6. The largest absolute Gasteiger partial charge is 0.462 e. The normalized spacial score (nSPS) is 12.1. The molecule has 0 rings (SSSR count). The second kappa shape index (κ2) is 55.2. The van der Waals surface area contributed by atoms with Crippen LogP contribution in [0.5, 0.6) is 0 Å². The molecule has 0 radical (unpaired) electrons. The number of hydrogen-bond donors (Lipinski definition) is 0. The van der Waals surface area contributed by atoms with Crippen molar-refractivity contribution >= 4 is 17.9 Å². The van der Waals surface area contributed by atoms with Gasteiger partial charge in [-0.1, -0.05) is 318 Å². The predicted octanol–water partition coefficient (Wildman–Crippen LogP) is 21.1. The first-order chi connectivity index (χ1) is 34.1. The lowest BCUT2D eigenvalue weighted by Crippen LogP contribution is -2.30. The summed E-state index contributed by atoms with van der Waals surface area (Å²) in [6, 6.07) is 0. The van der Waals surface area contributed by atoms with Crippen molar-refractivity contribution < 1.29 is 28.6 Å². The van der Waals surface area contributed by atoms with E-state index in [9.17, 15) is 14.4 Å². The molecule has 0 aromatic heterocycles. The minimum atomic E-state index is -0.764. The lowest BCUT2D eigenvalue weighted by molar-refractivity contribution is -0.167. The monoisotopic (exact) mass is 989 g/mol. The smallest absolute Gasteiger partial charge is 0.306 e. The van der Waals surface area contributed by atoms with E-state index in [0.717, 1.165) is 75.5 Å². The average molecular weight is 990 g/mol.